The van der Waals surface area contributed by atoms with E-state index in [1.54, 1.807) is 11.3 Å². The largest absolute Gasteiger partial charge is 0.493 e. The van der Waals surface area contributed by atoms with Crippen molar-refractivity contribution < 1.29 is 9.84 Å². The smallest absolute Gasteiger partial charge is 0.128 e. The van der Waals surface area contributed by atoms with E-state index in [9.17, 15) is 5.11 Å². The number of hydrogen-bond donors (Lipinski definition) is 1. The second-order valence-corrected chi connectivity index (χ2v) is 6.81. The van der Waals surface area contributed by atoms with Crippen LogP contribution in [0.1, 0.15) is 45.4 Å². The first-order valence-electron chi connectivity index (χ1n) is 7.37. The van der Waals surface area contributed by atoms with Crippen molar-refractivity contribution in [2.45, 2.75) is 38.2 Å². The molecule has 0 saturated carbocycles. The fourth-order valence-corrected chi connectivity index (χ4v) is 4.53. The highest BCUT2D eigenvalue weighted by atomic mass is 32.1. The van der Waals surface area contributed by atoms with Gasteiger partial charge in [-0.2, -0.15) is 0 Å². The molecule has 1 unspecified atom stereocenters. The second-order valence-electron chi connectivity index (χ2n) is 5.64. The molecular weight excluding hydrogens is 268 g/mol. The molecule has 0 amide bonds. The van der Waals surface area contributed by atoms with Crippen molar-refractivity contribution in [1.29, 1.82) is 0 Å². The Morgan fingerprint density at radius 1 is 1.10 bits per heavy atom. The number of ether oxygens (including phenoxy) is 1. The van der Waals surface area contributed by atoms with E-state index < -0.39 is 6.10 Å². The highest BCUT2D eigenvalue weighted by molar-refractivity contribution is 7.12. The fourth-order valence-electron chi connectivity index (χ4n) is 3.27. The third-order valence-electron chi connectivity index (χ3n) is 4.29. The maximum Gasteiger partial charge on any atom is 0.128 e. The number of para-hydroxylation sites is 1. The Hall–Kier alpha value is -1.32. The maximum absolute atomic E-state index is 10.7. The van der Waals surface area contributed by atoms with Crippen LogP contribution in [0.4, 0.5) is 0 Å². The van der Waals surface area contributed by atoms with Crippen LogP contribution in [0.25, 0.3) is 0 Å². The number of aryl methyl sites for hydroxylation is 3. The Labute approximate surface area is 123 Å². The average Bonchev–Trinajstić information content (AvgIpc) is 3.07. The molecule has 0 radical (unpaired) electrons. The van der Waals surface area contributed by atoms with E-state index in [-0.39, 0.29) is 0 Å². The minimum Gasteiger partial charge on any atom is -0.493 e. The molecule has 2 aliphatic rings. The molecule has 1 aromatic carbocycles. The van der Waals surface area contributed by atoms with Gasteiger partial charge in [-0.1, -0.05) is 18.2 Å². The Morgan fingerprint density at radius 3 is 2.90 bits per heavy atom. The zero-order valence-corrected chi connectivity index (χ0v) is 12.2. The van der Waals surface area contributed by atoms with Gasteiger partial charge in [-0.3, -0.25) is 0 Å². The van der Waals surface area contributed by atoms with Crippen LogP contribution in [0.15, 0.2) is 24.3 Å². The lowest BCUT2D eigenvalue weighted by atomic mass is 9.98. The van der Waals surface area contributed by atoms with Crippen molar-refractivity contribution in [1.82, 2.24) is 0 Å². The summed E-state index contributed by atoms with van der Waals surface area (Å²) in [6, 6.07) is 8.34. The van der Waals surface area contributed by atoms with Gasteiger partial charge in [0.15, 0.2) is 0 Å². The first kappa shape index (κ1) is 12.4. The van der Waals surface area contributed by atoms with E-state index >= 15 is 0 Å². The summed E-state index contributed by atoms with van der Waals surface area (Å²) < 4.78 is 5.82. The number of fused-ring (bicyclic) bond motifs is 2. The van der Waals surface area contributed by atoms with E-state index in [2.05, 4.69) is 12.1 Å². The van der Waals surface area contributed by atoms with Crippen LogP contribution in [0.3, 0.4) is 0 Å². The summed E-state index contributed by atoms with van der Waals surface area (Å²) in [4.78, 5) is 2.53. The number of aliphatic hydroxyl groups excluding tert-OH is 1. The van der Waals surface area contributed by atoms with Gasteiger partial charge >= 0.3 is 0 Å². The molecule has 3 heteroatoms. The van der Waals surface area contributed by atoms with E-state index in [0.29, 0.717) is 0 Å². The lowest BCUT2D eigenvalue weighted by Gasteiger charge is -2.22. The summed E-state index contributed by atoms with van der Waals surface area (Å²) in [7, 11) is 0. The molecule has 2 aromatic rings. The van der Waals surface area contributed by atoms with Crippen LogP contribution in [0.5, 0.6) is 5.75 Å². The van der Waals surface area contributed by atoms with E-state index in [0.717, 1.165) is 35.6 Å². The highest BCUT2D eigenvalue weighted by Gasteiger charge is 2.24. The SMILES string of the molecule is OC(c1cc2c(s1)CCC2)c1cccc2c1OCCC2. The topological polar surface area (TPSA) is 29.5 Å². The standard InChI is InChI=1S/C17H18O2S/c18-16(15-10-12-5-2-8-14(12)20-15)13-7-1-4-11-6-3-9-19-17(11)13/h1,4,7,10,16,18H,2-3,5-6,8-9H2. The Morgan fingerprint density at radius 2 is 2.00 bits per heavy atom. The lowest BCUT2D eigenvalue weighted by Crippen LogP contribution is -2.12. The minimum absolute atomic E-state index is 0.543. The normalized spacial score (nSPS) is 18.2. The van der Waals surface area contributed by atoms with Gasteiger partial charge in [0.05, 0.1) is 6.61 Å². The van der Waals surface area contributed by atoms with E-state index in [4.69, 9.17) is 4.74 Å². The van der Waals surface area contributed by atoms with Crippen molar-refractivity contribution >= 4 is 11.3 Å². The van der Waals surface area contributed by atoms with Gasteiger partial charge in [0, 0.05) is 15.3 Å². The molecule has 0 spiro atoms. The molecule has 20 heavy (non-hydrogen) atoms. The van der Waals surface area contributed by atoms with E-state index in [1.807, 2.05) is 12.1 Å². The fraction of sp³-hybridized carbons (Fsp3) is 0.412. The lowest BCUT2D eigenvalue weighted by molar-refractivity contribution is 0.210. The second kappa shape index (κ2) is 4.90. The van der Waals surface area contributed by atoms with Crippen molar-refractivity contribution in [3.05, 3.63) is 50.7 Å². The van der Waals surface area contributed by atoms with Gasteiger partial charge in [0.1, 0.15) is 11.9 Å². The molecule has 0 saturated heterocycles. The van der Waals surface area contributed by atoms with Crippen LogP contribution < -0.4 is 4.74 Å². The number of benzene rings is 1. The molecule has 2 nitrogen and oxygen atoms in total. The molecule has 0 bridgehead atoms. The van der Waals surface area contributed by atoms with Gasteiger partial charge in [0.2, 0.25) is 0 Å². The molecule has 0 fully saturated rings. The van der Waals surface area contributed by atoms with Crippen LogP contribution in [-0.4, -0.2) is 11.7 Å². The third kappa shape index (κ3) is 1.97. The molecule has 1 aliphatic heterocycles. The predicted molar refractivity (Wildman–Crippen MR) is 80.7 cm³/mol. The molecule has 4 rings (SSSR count). The predicted octanol–water partition coefficient (Wildman–Crippen LogP) is 3.64. The number of thiophene rings is 1. The summed E-state index contributed by atoms with van der Waals surface area (Å²) >= 11 is 1.77. The first-order valence-corrected chi connectivity index (χ1v) is 8.19. The zero-order valence-electron chi connectivity index (χ0n) is 11.4. The molecule has 1 atom stereocenters. The van der Waals surface area contributed by atoms with Crippen molar-refractivity contribution in [2.75, 3.05) is 6.61 Å². The number of aliphatic hydroxyl groups is 1. The van der Waals surface area contributed by atoms with E-state index in [1.165, 1.54) is 35.3 Å². The minimum atomic E-state index is -0.543. The summed E-state index contributed by atoms with van der Waals surface area (Å²) in [5, 5.41) is 10.7. The van der Waals surface area contributed by atoms with Gasteiger partial charge in [0.25, 0.3) is 0 Å². The molecule has 1 aromatic heterocycles. The highest BCUT2D eigenvalue weighted by Crippen LogP contribution is 2.40. The number of rotatable bonds is 2. The third-order valence-corrected chi connectivity index (χ3v) is 5.58. The monoisotopic (exact) mass is 286 g/mol. The van der Waals surface area contributed by atoms with Gasteiger partial charge in [-0.05, 0) is 49.3 Å². The summed E-state index contributed by atoms with van der Waals surface area (Å²) in [5.74, 6) is 0.916. The van der Waals surface area contributed by atoms with Gasteiger partial charge in [-0.15, -0.1) is 11.3 Å². The van der Waals surface area contributed by atoms with Crippen LogP contribution >= 0.6 is 11.3 Å². The van der Waals surface area contributed by atoms with Crippen LogP contribution in [0, 0.1) is 0 Å². The molecule has 104 valence electrons. The van der Waals surface area contributed by atoms with Gasteiger partial charge in [-0.25, -0.2) is 0 Å². The quantitative estimate of drug-likeness (QED) is 0.913. The maximum atomic E-state index is 10.7. The molecule has 1 aliphatic carbocycles. The molecule has 2 heterocycles. The Kier molecular flexibility index (Phi) is 3.04. The molecule has 1 N–H and O–H groups in total. The van der Waals surface area contributed by atoms with Gasteiger partial charge < -0.3 is 9.84 Å². The van der Waals surface area contributed by atoms with Crippen molar-refractivity contribution in [3.63, 3.8) is 0 Å². The summed E-state index contributed by atoms with van der Waals surface area (Å²) in [5.41, 5.74) is 3.61. The first-order chi connectivity index (χ1) is 9.83. The zero-order chi connectivity index (χ0) is 13.5. The summed E-state index contributed by atoms with van der Waals surface area (Å²) in [6.07, 6.45) is 5.19. The Bertz CT molecular complexity index is 623. The van der Waals surface area contributed by atoms with Crippen LogP contribution in [-0.2, 0) is 19.3 Å². The van der Waals surface area contributed by atoms with Crippen molar-refractivity contribution in [3.8, 4) is 5.75 Å². The summed E-state index contributed by atoms with van der Waals surface area (Å²) in [6.45, 7) is 0.762. The molecular formula is C17H18O2S. The number of hydrogen-bond acceptors (Lipinski definition) is 3. The Balaban J connectivity index is 1.72. The average molecular weight is 286 g/mol. The van der Waals surface area contributed by atoms with Crippen molar-refractivity contribution in [2.24, 2.45) is 0 Å². The van der Waals surface area contributed by atoms with Crippen LogP contribution in [0.2, 0.25) is 0 Å².